The first-order valence-electron chi connectivity index (χ1n) is 7.09. The molecule has 2 aromatic rings. The van der Waals surface area contributed by atoms with Gasteiger partial charge in [0.15, 0.2) is 0 Å². The van der Waals surface area contributed by atoms with Crippen LogP contribution in [0.3, 0.4) is 0 Å². The first-order chi connectivity index (χ1) is 9.67. The Morgan fingerprint density at radius 3 is 2.75 bits per heavy atom. The van der Waals surface area contributed by atoms with Gasteiger partial charge in [-0.15, -0.1) is 11.3 Å². The summed E-state index contributed by atoms with van der Waals surface area (Å²) in [7, 11) is 1.72. The van der Waals surface area contributed by atoms with Crippen molar-refractivity contribution in [2.45, 2.75) is 33.2 Å². The summed E-state index contributed by atoms with van der Waals surface area (Å²) in [6.45, 7) is 7.58. The molecule has 2 rings (SSSR count). The van der Waals surface area contributed by atoms with Crippen LogP contribution < -0.4 is 10.1 Å². The van der Waals surface area contributed by atoms with E-state index in [-0.39, 0.29) is 6.04 Å². The number of rotatable bonds is 6. The molecule has 3 heteroatoms. The summed E-state index contributed by atoms with van der Waals surface area (Å²) in [6.07, 6.45) is 1.13. The fraction of sp³-hybridized carbons (Fsp3) is 0.412. The molecule has 0 aliphatic carbocycles. The normalized spacial score (nSPS) is 12.4. The van der Waals surface area contributed by atoms with Crippen molar-refractivity contribution < 1.29 is 4.74 Å². The maximum Gasteiger partial charge on any atom is 0.129 e. The number of aryl methyl sites for hydroxylation is 1. The first kappa shape index (κ1) is 15.1. The van der Waals surface area contributed by atoms with Crippen molar-refractivity contribution >= 4 is 11.3 Å². The highest BCUT2D eigenvalue weighted by atomic mass is 32.1. The van der Waals surface area contributed by atoms with Crippen LogP contribution in [-0.2, 0) is 0 Å². The van der Waals surface area contributed by atoms with Crippen molar-refractivity contribution in [2.24, 2.45) is 0 Å². The zero-order chi connectivity index (χ0) is 14.5. The number of thiophene rings is 1. The summed E-state index contributed by atoms with van der Waals surface area (Å²) < 4.78 is 5.32. The van der Waals surface area contributed by atoms with Gasteiger partial charge in [-0.1, -0.05) is 25.1 Å². The fourth-order valence-corrected chi connectivity index (χ4v) is 3.28. The van der Waals surface area contributed by atoms with Gasteiger partial charge in [0.05, 0.1) is 13.2 Å². The van der Waals surface area contributed by atoms with Crippen LogP contribution in [0, 0.1) is 13.8 Å². The van der Waals surface area contributed by atoms with Crippen molar-refractivity contribution in [3.8, 4) is 5.75 Å². The molecule has 1 N–H and O–H groups in total. The third kappa shape index (κ3) is 3.22. The minimum atomic E-state index is 0.253. The van der Waals surface area contributed by atoms with E-state index in [1.54, 1.807) is 18.4 Å². The Morgan fingerprint density at radius 1 is 1.30 bits per heavy atom. The minimum Gasteiger partial charge on any atom is -0.496 e. The van der Waals surface area contributed by atoms with Gasteiger partial charge in [0, 0.05) is 10.3 Å². The molecule has 0 saturated heterocycles. The van der Waals surface area contributed by atoms with Crippen LogP contribution in [0.4, 0.5) is 0 Å². The molecule has 0 amide bonds. The zero-order valence-corrected chi connectivity index (χ0v) is 13.5. The lowest BCUT2D eigenvalue weighted by atomic mass is 9.96. The molecule has 0 spiro atoms. The van der Waals surface area contributed by atoms with Crippen LogP contribution in [0.2, 0.25) is 0 Å². The zero-order valence-electron chi connectivity index (χ0n) is 12.7. The van der Waals surface area contributed by atoms with Crippen LogP contribution >= 0.6 is 11.3 Å². The summed E-state index contributed by atoms with van der Waals surface area (Å²) >= 11 is 1.75. The smallest absolute Gasteiger partial charge is 0.129 e. The molecule has 0 aliphatic rings. The molecule has 0 aliphatic heterocycles. The van der Waals surface area contributed by atoms with Crippen molar-refractivity contribution in [2.75, 3.05) is 13.7 Å². The summed E-state index contributed by atoms with van der Waals surface area (Å²) in [6, 6.07) is 8.93. The predicted octanol–water partition coefficient (Wildman–Crippen LogP) is 4.46. The van der Waals surface area contributed by atoms with Crippen molar-refractivity contribution in [3.63, 3.8) is 0 Å². The van der Waals surface area contributed by atoms with E-state index in [4.69, 9.17) is 4.74 Å². The summed E-state index contributed by atoms with van der Waals surface area (Å²) in [5, 5.41) is 5.73. The highest BCUT2D eigenvalue weighted by Gasteiger charge is 2.18. The average Bonchev–Trinajstić information content (AvgIpc) is 2.92. The van der Waals surface area contributed by atoms with E-state index in [0.29, 0.717) is 0 Å². The number of hydrogen-bond acceptors (Lipinski definition) is 3. The van der Waals surface area contributed by atoms with Gasteiger partial charge in [-0.3, -0.25) is 0 Å². The predicted molar refractivity (Wildman–Crippen MR) is 86.9 cm³/mol. The molecule has 1 aromatic heterocycles. The third-order valence-electron chi connectivity index (χ3n) is 3.67. The molecular formula is C17H23NOS. The van der Waals surface area contributed by atoms with Crippen molar-refractivity contribution in [1.29, 1.82) is 0 Å². The number of benzene rings is 1. The number of nitrogens with one attached hydrogen (secondary N) is 1. The lowest BCUT2D eigenvalue weighted by Gasteiger charge is -2.20. The summed E-state index contributed by atoms with van der Waals surface area (Å²) in [5.74, 6) is 0.943. The van der Waals surface area contributed by atoms with Gasteiger partial charge < -0.3 is 10.1 Å². The number of ether oxygens (including phenoxy) is 1. The Kier molecular flexibility index (Phi) is 5.21. The Labute approximate surface area is 125 Å². The van der Waals surface area contributed by atoms with E-state index in [0.717, 1.165) is 18.7 Å². The topological polar surface area (TPSA) is 21.3 Å². The highest BCUT2D eigenvalue weighted by Crippen LogP contribution is 2.33. The minimum absolute atomic E-state index is 0.253. The van der Waals surface area contributed by atoms with E-state index in [1.165, 1.54) is 21.6 Å². The molecule has 1 atom stereocenters. The maximum absolute atomic E-state index is 5.32. The van der Waals surface area contributed by atoms with Gasteiger partial charge in [0.1, 0.15) is 5.75 Å². The fourth-order valence-electron chi connectivity index (χ4n) is 2.33. The van der Waals surface area contributed by atoms with Gasteiger partial charge in [0.2, 0.25) is 0 Å². The molecule has 0 radical (unpaired) electrons. The SMILES string of the molecule is CCCNC(c1cc(OC)cs1)c1cccc(C)c1C. The molecule has 2 nitrogen and oxygen atoms in total. The summed E-state index contributed by atoms with van der Waals surface area (Å²) in [4.78, 5) is 1.31. The second kappa shape index (κ2) is 6.91. The maximum atomic E-state index is 5.32. The second-order valence-corrected chi connectivity index (χ2v) is 6.01. The Hall–Kier alpha value is -1.32. The van der Waals surface area contributed by atoms with Gasteiger partial charge in [0.25, 0.3) is 0 Å². The van der Waals surface area contributed by atoms with E-state index < -0.39 is 0 Å². The van der Waals surface area contributed by atoms with Crippen molar-refractivity contribution in [3.05, 3.63) is 51.2 Å². The molecule has 1 unspecified atom stereocenters. The van der Waals surface area contributed by atoms with E-state index >= 15 is 0 Å². The molecule has 20 heavy (non-hydrogen) atoms. The van der Waals surface area contributed by atoms with Gasteiger partial charge in [-0.05, 0) is 49.6 Å². The molecule has 108 valence electrons. The van der Waals surface area contributed by atoms with E-state index in [9.17, 15) is 0 Å². The summed E-state index contributed by atoms with van der Waals surface area (Å²) in [5.41, 5.74) is 4.07. The van der Waals surface area contributed by atoms with E-state index in [1.807, 2.05) is 0 Å². The Morgan fingerprint density at radius 2 is 2.10 bits per heavy atom. The number of methoxy groups -OCH3 is 1. The highest BCUT2D eigenvalue weighted by molar-refractivity contribution is 7.10. The Bertz CT molecular complexity index is 562. The Balaban J connectivity index is 2.38. The molecular weight excluding hydrogens is 266 g/mol. The second-order valence-electron chi connectivity index (χ2n) is 5.07. The van der Waals surface area contributed by atoms with Crippen LogP contribution in [0.15, 0.2) is 29.6 Å². The monoisotopic (exact) mass is 289 g/mol. The van der Waals surface area contributed by atoms with E-state index in [2.05, 4.69) is 55.7 Å². The van der Waals surface area contributed by atoms with Gasteiger partial charge in [-0.25, -0.2) is 0 Å². The van der Waals surface area contributed by atoms with Gasteiger partial charge in [-0.2, -0.15) is 0 Å². The van der Waals surface area contributed by atoms with Crippen LogP contribution in [0.1, 0.15) is 41.0 Å². The molecule has 0 bridgehead atoms. The number of hydrogen-bond donors (Lipinski definition) is 1. The standard InChI is InChI=1S/C17H23NOS/c1-5-9-18-17(16-10-14(19-4)11-20-16)15-8-6-7-12(2)13(15)3/h6-8,10-11,17-18H,5,9H2,1-4H3. The largest absolute Gasteiger partial charge is 0.496 e. The lowest BCUT2D eigenvalue weighted by Crippen LogP contribution is -2.23. The van der Waals surface area contributed by atoms with Crippen LogP contribution in [-0.4, -0.2) is 13.7 Å². The molecule has 0 saturated carbocycles. The molecule has 1 heterocycles. The lowest BCUT2D eigenvalue weighted by molar-refractivity contribution is 0.416. The van der Waals surface area contributed by atoms with Crippen LogP contribution in [0.25, 0.3) is 0 Å². The van der Waals surface area contributed by atoms with Crippen LogP contribution in [0.5, 0.6) is 5.75 Å². The third-order valence-corrected chi connectivity index (χ3v) is 4.65. The average molecular weight is 289 g/mol. The molecule has 0 fully saturated rings. The first-order valence-corrected chi connectivity index (χ1v) is 7.97. The van der Waals surface area contributed by atoms with Gasteiger partial charge >= 0.3 is 0 Å². The molecule has 1 aromatic carbocycles. The quantitative estimate of drug-likeness (QED) is 0.847. The van der Waals surface area contributed by atoms with Crippen molar-refractivity contribution in [1.82, 2.24) is 5.32 Å².